The maximum atomic E-state index is 11.7. The van der Waals surface area contributed by atoms with E-state index in [4.69, 9.17) is 0 Å². The molecule has 0 aromatic rings. The van der Waals surface area contributed by atoms with Crippen LogP contribution in [-0.4, -0.2) is 46.8 Å². The van der Waals surface area contributed by atoms with Crippen molar-refractivity contribution in [2.45, 2.75) is 46.2 Å². The van der Waals surface area contributed by atoms with E-state index in [1.165, 1.54) is 12.2 Å². The Kier molecular flexibility index (Phi) is 7.80. The van der Waals surface area contributed by atoms with Crippen LogP contribution in [0.5, 0.6) is 0 Å². The molecule has 0 aliphatic rings. The minimum absolute atomic E-state index is 0.0684. The van der Waals surface area contributed by atoms with Crippen LogP contribution in [0.3, 0.4) is 0 Å². The van der Waals surface area contributed by atoms with Crippen LogP contribution in [0.15, 0.2) is 25.3 Å². The maximum absolute atomic E-state index is 11.7. The molecule has 0 N–H and O–H groups in total. The van der Waals surface area contributed by atoms with E-state index in [1.54, 1.807) is 9.80 Å². The highest BCUT2D eigenvalue weighted by molar-refractivity contribution is 5.87. The molecule has 0 saturated carbocycles. The predicted octanol–water partition coefficient (Wildman–Crippen LogP) is 2.22. The highest BCUT2D eigenvalue weighted by atomic mass is 16.2. The lowest BCUT2D eigenvalue weighted by molar-refractivity contribution is -0.128. The second-order valence-corrected chi connectivity index (χ2v) is 5.01. The summed E-state index contributed by atoms with van der Waals surface area (Å²) in [5.41, 5.74) is 0. The van der Waals surface area contributed by atoms with Crippen molar-refractivity contribution in [3.05, 3.63) is 25.3 Å². The molecule has 0 heterocycles. The number of amides is 2. The number of hydrogen-bond acceptors (Lipinski definition) is 2. The first-order valence-corrected chi connectivity index (χ1v) is 6.71. The summed E-state index contributed by atoms with van der Waals surface area (Å²) in [5, 5.41) is 0. The summed E-state index contributed by atoms with van der Waals surface area (Å²) in [5.74, 6) is -0.137. The summed E-state index contributed by atoms with van der Waals surface area (Å²) in [7, 11) is 0. The molecule has 0 aromatic heterocycles. The Balaban J connectivity index is 4.45. The van der Waals surface area contributed by atoms with Gasteiger partial charge in [0, 0.05) is 25.2 Å². The Hall–Kier alpha value is -1.58. The van der Waals surface area contributed by atoms with Crippen molar-refractivity contribution >= 4 is 11.8 Å². The van der Waals surface area contributed by atoms with Crippen LogP contribution in [0.4, 0.5) is 0 Å². The van der Waals surface area contributed by atoms with E-state index in [0.29, 0.717) is 13.1 Å². The average Bonchev–Trinajstić information content (AvgIpc) is 2.36. The lowest BCUT2D eigenvalue weighted by Crippen LogP contribution is -2.40. The third-order valence-electron chi connectivity index (χ3n) is 2.96. The fourth-order valence-corrected chi connectivity index (χ4v) is 1.89. The first-order valence-electron chi connectivity index (χ1n) is 6.71. The first-order chi connectivity index (χ1) is 8.84. The average molecular weight is 266 g/mol. The smallest absolute Gasteiger partial charge is 0.246 e. The van der Waals surface area contributed by atoms with Crippen molar-refractivity contribution in [1.29, 1.82) is 0 Å². The van der Waals surface area contributed by atoms with Gasteiger partial charge in [-0.2, -0.15) is 0 Å². The van der Waals surface area contributed by atoms with Crippen LogP contribution in [0, 0.1) is 0 Å². The summed E-state index contributed by atoms with van der Waals surface area (Å²) in [6.07, 6.45) is 3.40. The number of nitrogens with zero attached hydrogens (tertiary/aromatic N) is 2. The van der Waals surface area contributed by atoms with E-state index in [0.717, 1.165) is 6.42 Å². The van der Waals surface area contributed by atoms with E-state index in [1.807, 2.05) is 27.7 Å². The van der Waals surface area contributed by atoms with Gasteiger partial charge in [0.25, 0.3) is 0 Å². The number of carbonyl (C=O) groups is 2. The summed E-state index contributed by atoms with van der Waals surface area (Å²) in [6.45, 7) is 16.1. The molecule has 19 heavy (non-hydrogen) atoms. The van der Waals surface area contributed by atoms with Gasteiger partial charge < -0.3 is 9.80 Å². The quantitative estimate of drug-likeness (QED) is 0.632. The molecule has 0 spiro atoms. The topological polar surface area (TPSA) is 40.6 Å². The Morgan fingerprint density at radius 2 is 1.21 bits per heavy atom. The van der Waals surface area contributed by atoms with Crippen molar-refractivity contribution in [1.82, 2.24) is 9.80 Å². The number of rotatable bonds is 8. The largest absolute Gasteiger partial charge is 0.337 e. The van der Waals surface area contributed by atoms with Crippen molar-refractivity contribution in [2.75, 3.05) is 13.1 Å². The third-order valence-corrected chi connectivity index (χ3v) is 2.96. The highest BCUT2D eigenvalue weighted by Gasteiger charge is 2.17. The minimum Gasteiger partial charge on any atom is -0.337 e. The molecule has 0 aliphatic carbocycles. The molecule has 4 nitrogen and oxygen atoms in total. The molecule has 0 aliphatic heterocycles. The molecule has 2 amide bonds. The van der Waals surface area contributed by atoms with Crippen LogP contribution in [0.1, 0.15) is 34.1 Å². The monoisotopic (exact) mass is 266 g/mol. The number of carbonyl (C=O) groups excluding carboxylic acids is 2. The molecule has 4 heteroatoms. The molecule has 0 atom stereocenters. The van der Waals surface area contributed by atoms with E-state index < -0.39 is 0 Å². The van der Waals surface area contributed by atoms with Crippen LogP contribution >= 0.6 is 0 Å². The summed E-state index contributed by atoms with van der Waals surface area (Å²) in [6, 6.07) is 0.265. The molecule has 0 unspecified atom stereocenters. The van der Waals surface area contributed by atoms with Crippen molar-refractivity contribution < 1.29 is 9.59 Å². The van der Waals surface area contributed by atoms with E-state index >= 15 is 0 Å². The lowest BCUT2D eigenvalue weighted by Gasteiger charge is -2.29. The van der Waals surface area contributed by atoms with Crippen LogP contribution in [0.2, 0.25) is 0 Å². The second kappa shape index (κ2) is 8.51. The first kappa shape index (κ1) is 17.4. The van der Waals surface area contributed by atoms with E-state index in [2.05, 4.69) is 13.2 Å². The Labute approximate surface area is 116 Å². The normalized spacial score (nSPS) is 10.4. The SMILES string of the molecule is C=CC(=O)N(CCCN(C(=O)C=C)C(C)C)C(C)C. The Morgan fingerprint density at radius 1 is 0.895 bits per heavy atom. The van der Waals surface area contributed by atoms with Gasteiger partial charge in [0.2, 0.25) is 11.8 Å². The zero-order valence-corrected chi connectivity index (χ0v) is 12.6. The van der Waals surface area contributed by atoms with Crippen LogP contribution in [-0.2, 0) is 9.59 Å². The van der Waals surface area contributed by atoms with Crippen LogP contribution in [0.25, 0.3) is 0 Å². The highest BCUT2D eigenvalue weighted by Crippen LogP contribution is 2.05. The van der Waals surface area contributed by atoms with Crippen LogP contribution < -0.4 is 0 Å². The molecule has 0 radical (unpaired) electrons. The van der Waals surface area contributed by atoms with Gasteiger partial charge in [-0.3, -0.25) is 9.59 Å². The molecule has 0 saturated heterocycles. The molecule has 0 rings (SSSR count). The van der Waals surface area contributed by atoms with Gasteiger partial charge in [-0.25, -0.2) is 0 Å². The maximum Gasteiger partial charge on any atom is 0.246 e. The zero-order chi connectivity index (χ0) is 15.0. The summed E-state index contributed by atoms with van der Waals surface area (Å²) in [4.78, 5) is 26.8. The molecule has 0 bridgehead atoms. The van der Waals surface area contributed by atoms with Crippen molar-refractivity contribution in [3.63, 3.8) is 0 Å². The fraction of sp³-hybridized carbons (Fsp3) is 0.600. The van der Waals surface area contributed by atoms with Gasteiger partial charge in [0.1, 0.15) is 0 Å². The second-order valence-electron chi connectivity index (χ2n) is 5.01. The fourth-order valence-electron chi connectivity index (χ4n) is 1.89. The molecule has 0 fully saturated rings. The Bertz CT molecular complexity index is 303. The van der Waals surface area contributed by atoms with Gasteiger partial charge in [0.05, 0.1) is 0 Å². The molecule has 108 valence electrons. The van der Waals surface area contributed by atoms with Crippen molar-refractivity contribution in [2.24, 2.45) is 0 Å². The Morgan fingerprint density at radius 3 is 1.42 bits per heavy atom. The standard InChI is InChI=1S/C15H26N2O2/c1-7-14(18)16(12(3)4)10-9-11-17(13(5)6)15(19)8-2/h7-8,12-13H,1-2,9-11H2,3-6H3. The number of hydrogen-bond donors (Lipinski definition) is 0. The van der Waals surface area contributed by atoms with Gasteiger partial charge >= 0.3 is 0 Å². The molecular formula is C15H26N2O2. The molecular weight excluding hydrogens is 240 g/mol. The molecule has 0 aromatic carbocycles. The third kappa shape index (κ3) is 5.73. The van der Waals surface area contributed by atoms with E-state index in [9.17, 15) is 9.59 Å². The predicted molar refractivity (Wildman–Crippen MR) is 78.7 cm³/mol. The van der Waals surface area contributed by atoms with Gasteiger partial charge in [0.15, 0.2) is 0 Å². The summed E-state index contributed by atoms with van der Waals surface area (Å²) >= 11 is 0. The van der Waals surface area contributed by atoms with Gasteiger partial charge in [-0.15, -0.1) is 0 Å². The zero-order valence-electron chi connectivity index (χ0n) is 12.6. The van der Waals surface area contributed by atoms with Crippen molar-refractivity contribution in [3.8, 4) is 0 Å². The van der Waals surface area contributed by atoms with Gasteiger partial charge in [-0.05, 0) is 46.3 Å². The van der Waals surface area contributed by atoms with Gasteiger partial charge in [-0.1, -0.05) is 13.2 Å². The minimum atomic E-state index is -0.0684. The lowest BCUT2D eigenvalue weighted by atomic mass is 10.2. The summed E-state index contributed by atoms with van der Waals surface area (Å²) < 4.78 is 0. The van der Waals surface area contributed by atoms with E-state index in [-0.39, 0.29) is 23.9 Å².